The Morgan fingerprint density at radius 3 is 2.38 bits per heavy atom. The smallest absolute Gasteiger partial charge is 0.220 e. The summed E-state index contributed by atoms with van der Waals surface area (Å²) in [6, 6.07) is 8.53. The molecule has 6 heteroatoms. The van der Waals surface area contributed by atoms with Crippen molar-refractivity contribution in [1.82, 2.24) is 15.5 Å². The van der Waals surface area contributed by atoms with E-state index in [1.807, 2.05) is 7.05 Å². The molecular formula is C20H33IN4O. The average Bonchev–Trinajstić information content (AvgIpc) is 3.09. The molecule has 1 amide bonds. The normalized spacial score (nSPS) is 14.7. The molecule has 26 heavy (non-hydrogen) atoms. The van der Waals surface area contributed by atoms with E-state index in [-0.39, 0.29) is 29.9 Å². The number of rotatable bonds is 7. The SMILES string of the molecule is CN=C(NCCNC(=O)CC1CCCC1)N(C)Cc1ccc(C)cc1.I. The molecule has 2 rings (SSSR count). The van der Waals surface area contributed by atoms with Gasteiger partial charge in [0, 0.05) is 40.2 Å². The van der Waals surface area contributed by atoms with Crippen molar-refractivity contribution in [3.63, 3.8) is 0 Å². The largest absolute Gasteiger partial charge is 0.354 e. The van der Waals surface area contributed by atoms with E-state index in [4.69, 9.17) is 0 Å². The molecule has 0 spiro atoms. The van der Waals surface area contributed by atoms with Crippen LogP contribution in [0, 0.1) is 12.8 Å². The third-order valence-corrected chi connectivity index (χ3v) is 4.79. The predicted octanol–water partition coefficient (Wildman–Crippen LogP) is 3.32. The number of benzene rings is 1. The summed E-state index contributed by atoms with van der Waals surface area (Å²) < 4.78 is 0. The lowest BCUT2D eigenvalue weighted by Gasteiger charge is -2.22. The molecule has 1 aromatic rings. The Hall–Kier alpha value is -1.31. The first-order chi connectivity index (χ1) is 12.1. The fraction of sp³-hybridized carbons (Fsp3) is 0.600. The number of aryl methyl sites for hydroxylation is 1. The van der Waals surface area contributed by atoms with Crippen LogP contribution in [0.5, 0.6) is 0 Å². The molecule has 146 valence electrons. The number of hydrogen-bond acceptors (Lipinski definition) is 2. The van der Waals surface area contributed by atoms with E-state index in [0.717, 1.165) is 12.5 Å². The quantitative estimate of drug-likeness (QED) is 0.277. The van der Waals surface area contributed by atoms with E-state index in [2.05, 4.69) is 51.7 Å². The zero-order valence-corrected chi connectivity index (χ0v) is 18.6. The summed E-state index contributed by atoms with van der Waals surface area (Å²) in [7, 11) is 3.81. The number of carbonyl (C=O) groups excluding carboxylic acids is 1. The first-order valence-electron chi connectivity index (χ1n) is 9.32. The maximum atomic E-state index is 11.9. The van der Waals surface area contributed by atoms with Gasteiger partial charge >= 0.3 is 0 Å². The van der Waals surface area contributed by atoms with Gasteiger partial charge in [-0.3, -0.25) is 9.79 Å². The lowest BCUT2D eigenvalue weighted by Crippen LogP contribution is -2.42. The van der Waals surface area contributed by atoms with Gasteiger partial charge in [-0.25, -0.2) is 0 Å². The van der Waals surface area contributed by atoms with E-state index in [1.54, 1.807) is 7.05 Å². The zero-order chi connectivity index (χ0) is 18.1. The van der Waals surface area contributed by atoms with Gasteiger partial charge in [-0.2, -0.15) is 0 Å². The van der Waals surface area contributed by atoms with Crippen LogP contribution in [0.3, 0.4) is 0 Å². The van der Waals surface area contributed by atoms with E-state index in [9.17, 15) is 4.79 Å². The van der Waals surface area contributed by atoms with Gasteiger partial charge in [0.15, 0.2) is 5.96 Å². The number of hydrogen-bond donors (Lipinski definition) is 2. The van der Waals surface area contributed by atoms with E-state index >= 15 is 0 Å². The molecule has 1 aliphatic carbocycles. The molecule has 0 atom stereocenters. The number of nitrogens with zero attached hydrogens (tertiary/aromatic N) is 2. The van der Waals surface area contributed by atoms with Gasteiger partial charge in [0.2, 0.25) is 5.91 Å². The molecule has 0 radical (unpaired) electrons. The molecule has 0 unspecified atom stereocenters. The predicted molar refractivity (Wildman–Crippen MR) is 119 cm³/mol. The number of carbonyl (C=O) groups is 1. The minimum absolute atomic E-state index is 0. The van der Waals surface area contributed by atoms with E-state index in [1.165, 1.54) is 36.8 Å². The minimum atomic E-state index is 0. The van der Waals surface area contributed by atoms with Crippen LogP contribution in [-0.2, 0) is 11.3 Å². The van der Waals surface area contributed by atoms with Crippen LogP contribution in [0.15, 0.2) is 29.3 Å². The highest BCUT2D eigenvalue weighted by molar-refractivity contribution is 14.0. The third-order valence-electron chi connectivity index (χ3n) is 4.79. The molecular weight excluding hydrogens is 439 g/mol. The van der Waals surface area contributed by atoms with Gasteiger partial charge in [-0.05, 0) is 31.2 Å². The van der Waals surface area contributed by atoms with Gasteiger partial charge in [-0.1, -0.05) is 42.7 Å². The van der Waals surface area contributed by atoms with Crippen molar-refractivity contribution >= 4 is 35.8 Å². The van der Waals surface area contributed by atoms with Crippen molar-refractivity contribution in [3.05, 3.63) is 35.4 Å². The fourth-order valence-corrected chi connectivity index (χ4v) is 3.35. The standard InChI is InChI=1S/C20H32N4O.HI/c1-16-8-10-18(11-9-16)15-24(3)20(21-2)23-13-12-22-19(25)14-17-6-4-5-7-17;/h8-11,17H,4-7,12-15H2,1-3H3,(H,21,23)(H,22,25);1H. The van der Waals surface area contributed by atoms with Crippen molar-refractivity contribution in [2.24, 2.45) is 10.9 Å². The summed E-state index contributed by atoms with van der Waals surface area (Å²) in [5.41, 5.74) is 2.52. The van der Waals surface area contributed by atoms with E-state index < -0.39 is 0 Å². The zero-order valence-electron chi connectivity index (χ0n) is 16.3. The van der Waals surface area contributed by atoms with Crippen LogP contribution in [0.2, 0.25) is 0 Å². The minimum Gasteiger partial charge on any atom is -0.354 e. The maximum absolute atomic E-state index is 11.9. The molecule has 0 heterocycles. The van der Waals surface area contributed by atoms with Crippen molar-refractivity contribution in [2.75, 3.05) is 27.2 Å². The van der Waals surface area contributed by atoms with Crippen molar-refractivity contribution < 1.29 is 4.79 Å². The van der Waals surface area contributed by atoms with Gasteiger partial charge in [0.25, 0.3) is 0 Å². The molecule has 0 aromatic heterocycles. The molecule has 1 saturated carbocycles. The summed E-state index contributed by atoms with van der Waals surface area (Å²) in [4.78, 5) is 18.3. The summed E-state index contributed by atoms with van der Waals surface area (Å²) in [5, 5.41) is 6.32. The number of aliphatic imine (C=N–C) groups is 1. The first-order valence-corrected chi connectivity index (χ1v) is 9.32. The summed E-state index contributed by atoms with van der Waals surface area (Å²) in [6.45, 7) is 4.20. The molecule has 0 aliphatic heterocycles. The van der Waals surface area contributed by atoms with Crippen LogP contribution in [0.4, 0.5) is 0 Å². The van der Waals surface area contributed by atoms with Crippen LogP contribution >= 0.6 is 24.0 Å². The van der Waals surface area contributed by atoms with Gasteiger partial charge < -0.3 is 15.5 Å². The maximum Gasteiger partial charge on any atom is 0.220 e. The monoisotopic (exact) mass is 472 g/mol. The van der Waals surface area contributed by atoms with Crippen LogP contribution < -0.4 is 10.6 Å². The molecule has 1 aliphatic rings. The lowest BCUT2D eigenvalue weighted by molar-refractivity contribution is -0.121. The van der Waals surface area contributed by atoms with Crippen molar-refractivity contribution in [1.29, 1.82) is 0 Å². The topological polar surface area (TPSA) is 56.7 Å². The molecule has 2 N–H and O–H groups in total. The second kappa shape index (κ2) is 12.1. The van der Waals surface area contributed by atoms with Crippen LogP contribution in [0.1, 0.15) is 43.2 Å². The molecule has 0 bridgehead atoms. The summed E-state index contributed by atoms with van der Waals surface area (Å²) >= 11 is 0. The lowest BCUT2D eigenvalue weighted by atomic mass is 10.0. The molecule has 0 saturated heterocycles. The summed E-state index contributed by atoms with van der Waals surface area (Å²) in [5.74, 6) is 1.61. The van der Waals surface area contributed by atoms with Crippen LogP contribution in [0.25, 0.3) is 0 Å². The Labute approximate surface area is 175 Å². The number of amides is 1. The highest BCUT2D eigenvalue weighted by atomic mass is 127. The highest BCUT2D eigenvalue weighted by Gasteiger charge is 2.18. The Kier molecular flexibility index (Phi) is 10.6. The second-order valence-corrected chi connectivity index (χ2v) is 7.02. The number of guanidine groups is 1. The number of nitrogens with one attached hydrogen (secondary N) is 2. The molecule has 1 fully saturated rings. The van der Waals surface area contributed by atoms with Gasteiger partial charge in [0.1, 0.15) is 0 Å². The van der Waals surface area contributed by atoms with Gasteiger partial charge in [0.05, 0.1) is 0 Å². The Balaban J connectivity index is 0.00000338. The van der Waals surface area contributed by atoms with Gasteiger partial charge in [-0.15, -0.1) is 24.0 Å². The molecule has 5 nitrogen and oxygen atoms in total. The van der Waals surface area contributed by atoms with Crippen molar-refractivity contribution in [2.45, 2.75) is 45.6 Å². The average molecular weight is 472 g/mol. The third kappa shape index (κ3) is 7.93. The second-order valence-electron chi connectivity index (χ2n) is 7.02. The highest BCUT2D eigenvalue weighted by Crippen LogP contribution is 2.27. The fourth-order valence-electron chi connectivity index (χ4n) is 3.35. The van der Waals surface area contributed by atoms with Crippen LogP contribution in [-0.4, -0.2) is 44.0 Å². The Morgan fingerprint density at radius 1 is 1.15 bits per heavy atom. The van der Waals surface area contributed by atoms with E-state index in [0.29, 0.717) is 25.4 Å². The summed E-state index contributed by atoms with van der Waals surface area (Å²) in [6.07, 6.45) is 5.67. The molecule has 1 aromatic carbocycles. The van der Waals surface area contributed by atoms with Crippen molar-refractivity contribution in [3.8, 4) is 0 Å². The Morgan fingerprint density at radius 2 is 1.77 bits per heavy atom. The first kappa shape index (κ1) is 22.7. The number of halogens is 1. The Bertz CT molecular complexity index is 568.